The zero-order valence-corrected chi connectivity index (χ0v) is 17.2. The Morgan fingerprint density at radius 1 is 1.19 bits per heavy atom. The third kappa shape index (κ3) is 4.85. The topological polar surface area (TPSA) is 69.7 Å². The largest absolute Gasteiger partial charge is 0.325 e. The van der Waals surface area contributed by atoms with Crippen molar-refractivity contribution in [2.24, 2.45) is 0 Å². The van der Waals surface area contributed by atoms with E-state index in [2.05, 4.69) is 21.2 Å². The highest BCUT2D eigenvalue weighted by Gasteiger charge is 2.37. The van der Waals surface area contributed by atoms with E-state index in [0.29, 0.717) is 11.3 Å². The Bertz CT molecular complexity index is 974. The predicted octanol–water partition coefficient (Wildman–Crippen LogP) is 3.24. The molecule has 0 spiro atoms. The quantitative estimate of drug-likeness (QED) is 0.720. The molecule has 0 unspecified atom stereocenters. The van der Waals surface area contributed by atoms with Crippen LogP contribution in [0.5, 0.6) is 0 Å². The van der Waals surface area contributed by atoms with Crippen LogP contribution in [0.15, 0.2) is 46.9 Å². The average Bonchev–Trinajstić information content (AvgIpc) is 2.84. The number of carbonyl (C=O) groups is 1. The number of halogens is 3. The van der Waals surface area contributed by atoms with Crippen molar-refractivity contribution in [3.8, 4) is 0 Å². The van der Waals surface area contributed by atoms with E-state index in [9.17, 15) is 17.6 Å². The molecule has 0 aliphatic carbocycles. The van der Waals surface area contributed by atoms with Crippen LogP contribution >= 0.6 is 27.5 Å². The lowest BCUT2D eigenvalue weighted by Gasteiger charge is -2.19. The highest BCUT2D eigenvalue weighted by atomic mass is 79.9. The molecule has 2 aromatic rings. The van der Waals surface area contributed by atoms with Crippen molar-refractivity contribution in [3.63, 3.8) is 0 Å². The maximum Gasteiger partial charge on any atom is 0.282 e. The van der Waals surface area contributed by atoms with Gasteiger partial charge >= 0.3 is 0 Å². The van der Waals surface area contributed by atoms with Gasteiger partial charge in [0.15, 0.2) is 0 Å². The van der Waals surface area contributed by atoms with E-state index in [4.69, 9.17) is 11.6 Å². The summed E-state index contributed by atoms with van der Waals surface area (Å²) in [7, 11) is -3.80. The molecule has 27 heavy (non-hydrogen) atoms. The lowest BCUT2D eigenvalue weighted by atomic mass is 10.2. The van der Waals surface area contributed by atoms with E-state index in [1.165, 1.54) is 16.4 Å². The van der Waals surface area contributed by atoms with Crippen molar-refractivity contribution in [2.45, 2.75) is 6.54 Å². The molecule has 1 N–H and O–H groups in total. The number of nitrogens with zero attached hydrogens (tertiary/aromatic N) is 2. The lowest BCUT2D eigenvalue weighted by Crippen LogP contribution is -2.37. The van der Waals surface area contributed by atoms with Crippen LogP contribution in [0.3, 0.4) is 0 Å². The zero-order valence-electron chi connectivity index (χ0n) is 14.0. The average molecular weight is 477 g/mol. The highest BCUT2D eigenvalue weighted by Crippen LogP contribution is 2.24. The Labute approximate surface area is 170 Å². The van der Waals surface area contributed by atoms with Gasteiger partial charge in [-0.3, -0.25) is 4.79 Å². The van der Waals surface area contributed by atoms with Gasteiger partial charge in [-0.25, -0.2) is 4.39 Å². The number of hydrogen-bond donors (Lipinski definition) is 1. The summed E-state index contributed by atoms with van der Waals surface area (Å²) >= 11 is 9.29. The van der Waals surface area contributed by atoms with Gasteiger partial charge in [0.05, 0.1) is 6.54 Å². The van der Waals surface area contributed by atoms with Gasteiger partial charge in [-0.2, -0.15) is 17.0 Å². The number of anilines is 1. The van der Waals surface area contributed by atoms with E-state index in [-0.39, 0.29) is 31.2 Å². The standard InChI is InChI=1S/C17H16BrClFN3O3S/c18-13-2-1-3-15(8-13)21-17(24)11-23-7-6-22(27(23,25)26)10-12-4-5-14(20)9-16(12)19/h1-5,8-9H,6-7,10-11H2,(H,21,24). The number of amides is 1. The zero-order chi connectivity index (χ0) is 19.6. The van der Waals surface area contributed by atoms with Gasteiger partial charge in [0.1, 0.15) is 5.82 Å². The van der Waals surface area contributed by atoms with E-state index in [0.717, 1.165) is 14.8 Å². The Hall–Kier alpha value is -1.52. The van der Waals surface area contributed by atoms with Gasteiger partial charge in [0.2, 0.25) is 5.91 Å². The maximum absolute atomic E-state index is 13.2. The van der Waals surface area contributed by atoms with Gasteiger partial charge < -0.3 is 5.32 Å². The second kappa shape index (κ2) is 8.24. The first-order valence-corrected chi connectivity index (χ1v) is 10.6. The predicted molar refractivity (Wildman–Crippen MR) is 105 cm³/mol. The Kier molecular flexibility index (Phi) is 6.17. The normalized spacial score (nSPS) is 17.1. The van der Waals surface area contributed by atoms with E-state index < -0.39 is 21.9 Å². The van der Waals surface area contributed by atoms with Crippen LogP contribution in [-0.2, 0) is 21.5 Å². The summed E-state index contributed by atoms with van der Waals surface area (Å²) in [6.45, 7) is 0.140. The molecule has 3 rings (SSSR count). The van der Waals surface area contributed by atoms with Gasteiger partial charge in [-0.15, -0.1) is 0 Å². The van der Waals surface area contributed by atoms with Gasteiger partial charge in [-0.05, 0) is 35.9 Å². The van der Waals surface area contributed by atoms with Crippen molar-refractivity contribution in [2.75, 3.05) is 25.0 Å². The lowest BCUT2D eigenvalue weighted by molar-refractivity contribution is -0.116. The fourth-order valence-electron chi connectivity index (χ4n) is 2.71. The van der Waals surface area contributed by atoms with E-state index >= 15 is 0 Å². The molecule has 0 atom stereocenters. The van der Waals surface area contributed by atoms with Crippen molar-refractivity contribution in [1.29, 1.82) is 0 Å². The molecule has 1 amide bonds. The maximum atomic E-state index is 13.2. The van der Waals surface area contributed by atoms with Crippen LogP contribution in [0.2, 0.25) is 5.02 Å². The molecule has 1 fully saturated rings. The van der Waals surface area contributed by atoms with Gasteiger partial charge in [-0.1, -0.05) is 39.7 Å². The van der Waals surface area contributed by atoms with Crippen LogP contribution in [0.4, 0.5) is 10.1 Å². The first-order valence-electron chi connectivity index (χ1n) is 8.00. The highest BCUT2D eigenvalue weighted by molar-refractivity contribution is 9.10. The monoisotopic (exact) mass is 475 g/mol. The molecule has 0 bridgehead atoms. The molecular weight excluding hydrogens is 461 g/mol. The van der Waals surface area contributed by atoms with Crippen molar-refractivity contribution < 1.29 is 17.6 Å². The fourth-order valence-corrected chi connectivity index (χ4v) is 4.87. The second-order valence-corrected chi connectivity index (χ2v) is 9.22. The van der Waals surface area contributed by atoms with Crippen LogP contribution in [0.25, 0.3) is 0 Å². The van der Waals surface area contributed by atoms with Crippen LogP contribution in [0.1, 0.15) is 5.56 Å². The molecular formula is C17H16BrClFN3O3S. The summed E-state index contributed by atoms with van der Waals surface area (Å²) in [4.78, 5) is 12.2. The van der Waals surface area contributed by atoms with Gasteiger partial charge in [0.25, 0.3) is 10.2 Å². The van der Waals surface area contributed by atoms with E-state index in [1.54, 1.807) is 18.2 Å². The number of hydrogen-bond acceptors (Lipinski definition) is 3. The van der Waals surface area contributed by atoms with Crippen molar-refractivity contribution in [3.05, 3.63) is 63.3 Å². The summed E-state index contributed by atoms with van der Waals surface area (Å²) in [5.41, 5.74) is 1.07. The molecule has 144 valence electrons. The fraction of sp³-hybridized carbons (Fsp3) is 0.235. The third-order valence-electron chi connectivity index (χ3n) is 4.04. The summed E-state index contributed by atoms with van der Waals surface area (Å²) in [5, 5.41) is 2.83. The van der Waals surface area contributed by atoms with E-state index in [1.807, 2.05) is 6.07 Å². The SMILES string of the molecule is O=C(CN1CCN(Cc2ccc(F)cc2Cl)S1(=O)=O)Nc1cccc(Br)c1. The van der Waals surface area contributed by atoms with Crippen LogP contribution in [0, 0.1) is 5.82 Å². The molecule has 0 aromatic heterocycles. The summed E-state index contributed by atoms with van der Waals surface area (Å²) in [5.74, 6) is -0.919. The number of nitrogens with one attached hydrogen (secondary N) is 1. The van der Waals surface area contributed by atoms with Crippen LogP contribution < -0.4 is 5.32 Å². The minimum absolute atomic E-state index is 0.0190. The summed E-state index contributed by atoms with van der Waals surface area (Å²) in [6, 6.07) is 10.8. The molecule has 1 aliphatic heterocycles. The number of rotatable bonds is 5. The minimum atomic E-state index is -3.80. The number of carbonyl (C=O) groups excluding carboxylic acids is 1. The molecule has 2 aromatic carbocycles. The molecule has 6 nitrogen and oxygen atoms in total. The molecule has 10 heteroatoms. The van der Waals surface area contributed by atoms with Gasteiger partial charge in [0, 0.05) is 34.8 Å². The Morgan fingerprint density at radius 2 is 1.93 bits per heavy atom. The first kappa shape index (κ1) is 20.2. The Balaban J connectivity index is 1.65. The molecule has 1 heterocycles. The second-order valence-electron chi connectivity index (χ2n) is 5.97. The Morgan fingerprint density at radius 3 is 2.63 bits per heavy atom. The first-order chi connectivity index (χ1) is 12.8. The molecule has 0 radical (unpaired) electrons. The van der Waals surface area contributed by atoms with Crippen LogP contribution in [-0.4, -0.2) is 42.6 Å². The molecule has 1 aliphatic rings. The molecule has 1 saturated heterocycles. The third-order valence-corrected chi connectivity index (χ3v) is 6.82. The minimum Gasteiger partial charge on any atom is -0.325 e. The molecule has 0 saturated carbocycles. The summed E-state index contributed by atoms with van der Waals surface area (Å²) < 4.78 is 41.6. The van der Waals surface area contributed by atoms with Crippen molar-refractivity contribution in [1.82, 2.24) is 8.61 Å². The number of benzene rings is 2. The summed E-state index contributed by atoms with van der Waals surface area (Å²) in [6.07, 6.45) is 0. The smallest absolute Gasteiger partial charge is 0.282 e. The van der Waals surface area contributed by atoms with Crippen molar-refractivity contribution >= 4 is 49.3 Å².